The van der Waals surface area contributed by atoms with E-state index < -0.39 is 8.32 Å². The lowest BCUT2D eigenvalue weighted by molar-refractivity contribution is 0.194. The summed E-state index contributed by atoms with van der Waals surface area (Å²) in [7, 11) is -1.73. The maximum absolute atomic E-state index is 9.51. The van der Waals surface area contributed by atoms with Gasteiger partial charge in [-0.2, -0.15) is 0 Å². The van der Waals surface area contributed by atoms with Gasteiger partial charge < -0.3 is 9.53 Å². The van der Waals surface area contributed by atoms with E-state index in [1.165, 1.54) is 0 Å². The molecule has 0 bridgehead atoms. The average Bonchev–Trinajstić information content (AvgIpc) is 2.29. The Morgan fingerprint density at radius 3 is 2.17 bits per heavy atom. The molecule has 1 aromatic carbocycles. The Balaban J connectivity index is 2.67. The van der Waals surface area contributed by atoms with Crippen molar-refractivity contribution in [1.82, 2.24) is 0 Å². The Labute approximate surface area is 112 Å². The minimum absolute atomic E-state index is 0.0836. The molecule has 0 aromatic heterocycles. The summed E-state index contributed by atoms with van der Waals surface area (Å²) in [6.45, 7) is 11.9. The van der Waals surface area contributed by atoms with Crippen LogP contribution in [-0.2, 0) is 4.43 Å². The van der Waals surface area contributed by atoms with Gasteiger partial charge in [-0.1, -0.05) is 51.1 Å². The van der Waals surface area contributed by atoms with Crippen LogP contribution < -0.4 is 0 Å². The van der Waals surface area contributed by atoms with Crippen LogP contribution >= 0.6 is 0 Å². The zero-order chi connectivity index (χ0) is 13.8. The number of benzene rings is 1. The molecular weight excluding hydrogens is 240 g/mol. The van der Waals surface area contributed by atoms with Gasteiger partial charge in [0.15, 0.2) is 8.32 Å². The fourth-order valence-electron chi connectivity index (χ4n) is 1.50. The Kier molecular flexibility index (Phi) is 5.14. The van der Waals surface area contributed by atoms with E-state index in [0.29, 0.717) is 6.61 Å². The first kappa shape index (κ1) is 15.4. The zero-order valence-corrected chi connectivity index (χ0v) is 13.2. The molecule has 0 aliphatic heterocycles. The summed E-state index contributed by atoms with van der Waals surface area (Å²) in [5.41, 5.74) is 1.15. The van der Waals surface area contributed by atoms with Crippen LogP contribution in [0.5, 0.6) is 0 Å². The van der Waals surface area contributed by atoms with Gasteiger partial charge in [0.25, 0.3) is 0 Å². The largest absolute Gasteiger partial charge is 0.416 e. The van der Waals surface area contributed by atoms with Gasteiger partial charge >= 0.3 is 0 Å². The highest BCUT2D eigenvalue weighted by molar-refractivity contribution is 6.74. The van der Waals surface area contributed by atoms with E-state index in [9.17, 15) is 5.11 Å². The van der Waals surface area contributed by atoms with Crippen LogP contribution in [0.15, 0.2) is 30.3 Å². The Morgan fingerprint density at radius 2 is 1.72 bits per heavy atom. The van der Waals surface area contributed by atoms with Crippen molar-refractivity contribution in [3.63, 3.8) is 0 Å². The molecule has 0 radical (unpaired) electrons. The van der Waals surface area contributed by atoms with E-state index in [2.05, 4.69) is 46.0 Å². The summed E-state index contributed by atoms with van der Waals surface area (Å²) in [5, 5.41) is 9.73. The van der Waals surface area contributed by atoms with Gasteiger partial charge in [-0.3, -0.25) is 0 Å². The average molecular weight is 266 g/mol. The summed E-state index contributed by atoms with van der Waals surface area (Å²) < 4.78 is 6.18. The number of hydrogen-bond acceptors (Lipinski definition) is 2. The third kappa shape index (κ3) is 3.94. The maximum atomic E-state index is 9.51. The first-order chi connectivity index (χ1) is 8.28. The third-order valence-electron chi connectivity index (χ3n) is 3.94. The Bertz CT molecular complexity index is 355. The minimum Gasteiger partial charge on any atom is -0.416 e. The van der Waals surface area contributed by atoms with Gasteiger partial charge in [0.1, 0.15) is 0 Å². The number of rotatable bonds is 5. The van der Waals surface area contributed by atoms with Crippen molar-refractivity contribution < 1.29 is 9.53 Å². The predicted octanol–water partition coefficient (Wildman–Crippen LogP) is 3.78. The van der Waals surface area contributed by atoms with E-state index in [0.717, 1.165) is 5.56 Å². The molecule has 1 aromatic rings. The molecule has 18 heavy (non-hydrogen) atoms. The molecule has 2 nitrogen and oxygen atoms in total. The third-order valence-corrected chi connectivity index (χ3v) is 8.44. The maximum Gasteiger partial charge on any atom is 0.192 e. The summed E-state index contributed by atoms with van der Waals surface area (Å²) in [4.78, 5) is 0. The van der Waals surface area contributed by atoms with Crippen LogP contribution in [0.4, 0.5) is 0 Å². The lowest BCUT2D eigenvalue weighted by Gasteiger charge is -2.37. The van der Waals surface area contributed by atoms with Crippen LogP contribution in [0, 0.1) is 0 Å². The SMILES string of the molecule is CC(C)(C)[Si](C)(C)OC[C@@H](CO)c1ccccc1. The smallest absolute Gasteiger partial charge is 0.192 e. The van der Waals surface area contributed by atoms with E-state index in [-0.39, 0.29) is 17.6 Å². The van der Waals surface area contributed by atoms with Crippen molar-refractivity contribution in [2.24, 2.45) is 0 Å². The first-order valence-corrected chi connectivity index (χ1v) is 9.48. The van der Waals surface area contributed by atoms with Crippen molar-refractivity contribution in [3.8, 4) is 0 Å². The van der Waals surface area contributed by atoms with Gasteiger partial charge in [-0.15, -0.1) is 0 Å². The lowest BCUT2D eigenvalue weighted by Crippen LogP contribution is -2.42. The van der Waals surface area contributed by atoms with Crippen LogP contribution in [-0.4, -0.2) is 26.6 Å². The highest BCUT2D eigenvalue weighted by Crippen LogP contribution is 2.37. The second kappa shape index (κ2) is 6.00. The predicted molar refractivity (Wildman–Crippen MR) is 79.4 cm³/mol. The van der Waals surface area contributed by atoms with E-state index in [1.54, 1.807) is 0 Å². The summed E-state index contributed by atoms with van der Waals surface area (Å²) in [5.74, 6) is 0.0836. The van der Waals surface area contributed by atoms with Crippen molar-refractivity contribution in [1.29, 1.82) is 0 Å². The monoisotopic (exact) mass is 266 g/mol. The molecule has 1 N–H and O–H groups in total. The fourth-order valence-corrected chi connectivity index (χ4v) is 2.56. The summed E-state index contributed by atoms with van der Waals surface area (Å²) >= 11 is 0. The van der Waals surface area contributed by atoms with Crippen LogP contribution in [0.3, 0.4) is 0 Å². The van der Waals surface area contributed by atoms with Crippen LogP contribution in [0.25, 0.3) is 0 Å². The first-order valence-electron chi connectivity index (χ1n) is 6.57. The minimum atomic E-state index is -1.73. The molecular formula is C15H26O2Si. The molecule has 102 valence electrons. The van der Waals surface area contributed by atoms with E-state index in [1.807, 2.05) is 18.2 Å². The Hall–Kier alpha value is -0.643. The molecule has 3 heteroatoms. The highest BCUT2D eigenvalue weighted by Gasteiger charge is 2.37. The highest BCUT2D eigenvalue weighted by atomic mass is 28.4. The zero-order valence-electron chi connectivity index (χ0n) is 12.2. The molecule has 0 heterocycles. The van der Waals surface area contributed by atoms with Crippen molar-refractivity contribution >= 4 is 8.32 Å². The standard InChI is InChI=1S/C15H26O2Si/c1-15(2,3)18(4,5)17-12-14(11-16)13-9-7-6-8-10-13/h6-10,14,16H,11-12H2,1-5H3/t14-/m1/s1. The number of aliphatic hydroxyl groups is 1. The fraction of sp³-hybridized carbons (Fsp3) is 0.600. The van der Waals surface area contributed by atoms with Crippen molar-refractivity contribution in [2.45, 2.75) is 44.8 Å². The number of hydrogen-bond donors (Lipinski definition) is 1. The molecule has 0 amide bonds. The second-order valence-corrected chi connectivity index (χ2v) is 11.2. The summed E-state index contributed by atoms with van der Waals surface area (Å²) in [6.07, 6.45) is 0. The molecule has 0 saturated heterocycles. The Morgan fingerprint density at radius 1 is 1.17 bits per heavy atom. The van der Waals surface area contributed by atoms with E-state index >= 15 is 0 Å². The second-order valence-electron chi connectivity index (χ2n) is 6.36. The lowest BCUT2D eigenvalue weighted by atomic mass is 10.0. The molecule has 0 spiro atoms. The van der Waals surface area contributed by atoms with Gasteiger partial charge in [0, 0.05) is 12.5 Å². The molecule has 0 saturated carbocycles. The van der Waals surface area contributed by atoms with Gasteiger partial charge in [-0.05, 0) is 23.7 Å². The molecule has 0 fully saturated rings. The van der Waals surface area contributed by atoms with Crippen LogP contribution in [0.2, 0.25) is 18.1 Å². The molecule has 0 aliphatic rings. The topological polar surface area (TPSA) is 29.5 Å². The van der Waals surface area contributed by atoms with E-state index in [4.69, 9.17) is 4.43 Å². The molecule has 0 aliphatic carbocycles. The number of aliphatic hydroxyl groups excluding tert-OH is 1. The quantitative estimate of drug-likeness (QED) is 0.822. The van der Waals surface area contributed by atoms with Gasteiger partial charge in [-0.25, -0.2) is 0 Å². The normalized spacial score (nSPS) is 14.6. The van der Waals surface area contributed by atoms with Crippen molar-refractivity contribution in [2.75, 3.05) is 13.2 Å². The molecule has 0 unspecified atom stereocenters. The summed E-state index contributed by atoms with van der Waals surface area (Å²) in [6, 6.07) is 10.1. The van der Waals surface area contributed by atoms with Crippen molar-refractivity contribution in [3.05, 3.63) is 35.9 Å². The van der Waals surface area contributed by atoms with Gasteiger partial charge in [0.2, 0.25) is 0 Å². The molecule has 1 atom stereocenters. The van der Waals surface area contributed by atoms with Gasteiger partial charge in [0.05, 0.1) is 6.61 Å². The molecule has 1 rings (SSSR count). The van der Waals surface area contributed by atoms with Crippen LogP contribution in [0.1, 0.15) is 32.3 Å².